The quantitative estimate of drug-likeness (QED) is 0.843. The average Bonchev–Trinajstić information content (AvgIpc) is 2.30. The molecule has 18 heavy (non-hydrogen) atoms. The maximum absolute atomic E-state index is 13.2. The molecule has 1 aromatic carbocycles. The zero-order chi connectivity index (χ0) is 13.8. The van der Waals surface area contributed by atoms with E-state index in [1.807, 2.05) is 12.1 Å². The number of nitrogens with two attached hydrogens (primary N) is 1. The van der Waals surface area contributed by atoms with Crippen molar-refractivity contribution in [1.29, 1.82) is 0 Å². The van der Waals surface area contributed by atoms with E-state index in [4.69, 9.17) is 5.73 Å². The Morgan fingerprint density at radius 1 is 1.33 bits per heavy atom. The van der Waals surface area contributed by atoms with Crippen LogP contribution in [0.5, 0.6) is 0 Å². The van der Waals surface area contributed by atoms with Gasteiger partial charge in [0.25, 0.3) is 0 Å². The Morgan fingerprint density at radius 3 is 2.56 bits per heavy atom. The van der Waals surface area contributed by atoms with Crippen molar-refractivity contribution in [2.24, 2.45) is 5.73 Å². The van der Waals surface area contributed by atoms with Gasteiger partial charge in [-0.25, -0.2) is 4.39 Å². The van der Waals surface area contributed by atoms with Crippen molar-refractivity contribution in [2.45, 2.75) is 39.2 Å². The minimum absolute atomic E-state index is 0.115. The number of nitrogens with zero attached hydrogens (tertiary/aromatic N) is 1. The predicted molar refractivity (Wildman–Crippen MR) is 75.2 cm³/mol. The summed E-state index contributed by atoms with van der Waals surface area (Å²) in [7, 11) is 2.12. The minimum Gasteiger partial charge on any atom is -0.330 e. The fourth-order valence-corrected chi connectivity index (χ4v) is 2.01. The molecule has 0 aliphatic rings. The van der Waals surface area contributed by atoms with Gasteiger partial charge in [-0.1, -0.05) is 12.1 Å². The molecule has 0 aliphatic carbocycles. The third-order valence-electron chi connectivity index (χ3n) is 3.75. The number of benzene rings is 1. The molecule has 1 rings (SSSR count). The largest absolute Gasteiger partial charge is 0.330 e. The zero-order valence-electron chi connectivity index (χ0n) is 12.0. The Hall–Kier alpha value is -0.930. The fourth-order valence-electron chi connectivity index (χ4n) is 2.01. The SMILES string of the molecule is Cc1cc(CCN(C)C(C)(C)CCN)ccc1F. The van der Waals surface area contributed by atoms with E-state index < -0.39 is 0 Å². The molecule has 0 radical (unpaired) electrons. The van der Waals surface area contributed by atoms with Gasteiger partial charge in [0.15, 0.2) is 0 Å². The van der Waals surface area contributed by atoms with Crippen LogP contribution in [0.3, 0.4) is 0 Å². The second-order valence-electron chi connectivity index (χ2n) is 5.61. The molecule has 0 aromatic heterocycles. The lowest BCUT2D eigenvalue weighted by Crippen LogP contribution is -2.43. The monoisotopic (exact) mass is 252 g/mol. The highest BCUT2D eigenvalue weighted by molar-refractivity contribution is 5.24. The van der Waals surface area contributed by atoms with Gasteiger partial charge in [-0.15, -0.1) is 0 Å². The van der Waals surface area contributed by atoms with Gasteiger partial charge >= 0.3 is 0 Å². The average molecular weight is 252 g/mol. The molecule has 0 amide bonds. The van der Waals surface area contributed by atoms with E-state index in [0.29, 0.717) is 6.54 Å². The summed E-state index contributed by atoms with van der Waals surface area (Å²) in [5.74, 6) is -0.129. The molecule has 0 atom stereocenters. The van der Waals surface area contributed by atoms with Crippen molar-refractivity contribution in [2.75, 3.05) is 20.1 Å². The van der Waals surface area contributed by atoms with Crippen LogP contribution in [0.15, 0.2) is 18.2 Å². The van der Waals surface area contributed by atoms with Gasteiger partial charge < -0.3 is 10.6 Å². The fraction of sp³-hybridized carbons (Fsp3) is 0.600. The number of hydrogen-bond acceptors (Lipinski definition) is 2. The molecule has 3 heteroatoms. The van der Waals surface area contributed by atoms with Gasteiger partial charge in [0, 0.05) is 12.1 Å². The van der Waals surface area contributed by atoms with Crippen molar-refractivity contribution in [1.82, 2.24) is 4.90 Å². The molecule has 0 fully saturated rings. The lowest BCUT2D eigenvalue weighted by Gasteiger charge is -2.35. The van der Waals surface area contributed by atoms with E-state index in [2.05, 4.69) is 25.8 Å². The van der Waals surface area contributed by atoms with Crippen LogP contribution in [0.1, 0.15) is 31.4 Å². The Bertz CT molecular complexity index is 388. The van der Waals surface area contributed by atoms with Crippen LogP contribution in [0.25, 0.3) is 0 Å². The molecule has 0 aliphatic heterocycles. The summed E-state index contributed by atoms with van der Waals surface area (Å²) in [5.41, 5.74) is 7.65. The van der Waals surface area contributed by atoms with E-state index in [1.165, 1.54) is 5.56 Å². The van der Waals surface area contributed by atoms with E-state index >= 15 is 0 Å². The van der Waals surface area contributed by atoms with Crippen LogP contribution >= 0.6 is 0 Å². The molecule has 0 bridgehead atoms. The molecule has 1 aromatic rings. The Balaban J connectivity index is 2.56. The maximum atomic E-state index is 13.2. The minimum atomic E-state index is -0.129. The van der Waals surface area contributed by atoms with Crippen molar-refractivity contribution in [3.63, 3.8) is 0 Å². The molecule has 0 heterocycles. The zero-order valence-corrected chi connectivity index (χ0v) is 12.0. The first kappa shape index (κ1) is 15.1. The lowest BCUT2D eigenvalue weighted by molar-refractivity contribution is 0.150. The van der Waals surface area contributed by atoms with Gasteiger partial charge in [0.1, 0.15) is 5.82 Å². The normalized spacial score (nSPS) is 12.2. The molecular weight excluding hydrogens is 227 g/mol. The number of aryl methyl sites for hydroxylation is 1. The summed E-state index contributed by atoms with van der Waals surface area (Å²) in [6, 6.07) is 5.35. The Labute approximate surface area is 110 Å². The van der Waals surface area contributed by atoms with E-state index in [9.17, 15) is 4.39 Å². The number of hydrogen-bond donors (Lipinski definition) is 1. The number of likely N-dealkylation sites (N-methyl/N-ethyl adjacent to an activating group) is 1. The summed E-state index contributed by atoms with van der Waals surface area (Å²) >= 11 is 0. The molecule has 0 saturated heterocycles. The molecule has 2 N–H and O–H groups in total. The highest BCUT2D eigenvalue weighted by Gasteiger charge is 2.21. The maximum Gasteiger partial charge on any atom is 0.126 e. The molecular formula is C15H25FN2. The smallest absolute Gasteiger partial charge is 0.126 e. The summed E-state index contributed by atoms with van der Waals surface area (Å²) in [6.45, 7) is 7.87. The first-order chi connectivity index (χ1) is 8.36. The van der Waals surface area contributed by atoms with Gasteiger partial charge in [0.05, 0.1) is 0 Å². The Kier molecular flexibility index (Phi) is 5.29. The molecule has 102 valence electrons. The number of rotatable bonds is 6. The Morgan fingerprint density at radius 2 is 2.00 bits per heavy atom. The second-order valence-corrected chi connectivity index (χ2v) is 5.61. The van der Waals surface area contributed by atoms with E-state index in [1.54, 1.807) is 13.0 Å². The van der Waals surface area contributed by atoms with Crippen molar-refractivity contribution in [3.05, 3.63) is 35.1 Å². The third-order valence-corrected chi connectivity index (χ3v) is 3.75. The van der Waals surface area contributed by atoms with Crippen molar-refractivity contribution >= 4 is 0 Å². The highest BCUT2D eigenvalue weighted by Crippen LogP contribution is 2.17. The van der Waals surface area contributed by atoms with Crippen LogP contribution in [-0.4, -0.2) is 30.6 Å². The molecule has 2 nitrogen and oxygen atoms in total. The van der Waals surface area contributed by atoms with E-state index in [-0.39, 0.29) is 11.4 Å². The van der Waals surface area contributed by atoms with Gasteiger partial charge in [0.2, 0.25) is 0 Å². The molecule has 0 saturated carbocycles. The highest BCUT2D eigenvalue weighted by atomic mass is 19.1. The van der Waals surface area contributed by atoms with Gasteiger partial charge in [-0.3, -0.25) is 0 Å². The first-order valence-electron chi connectivity index (χ1n) is 6.53. The first-order valence-corrected chi connectivity index (χ1v) is 6.53. The van der Waals surface area contributed by atoms with Crippen molar-refractivity contribution < 1.29 is 4.39 Å². The van der Waals surface area contributed by atoms with Gasteiger partial charge in [-0.05, 0) is 64.4 Å². The number of halogens is 1. The third kappa shape index (κ3) is 4.07. The summed E-state index contributed by atoms with van der Waals surface area (Å²) in [4.78, 5) is 2.32. The predicted octanol–water partition coefficient (Wildman–Crippen LogP) is 2.74. The second kappa shape index (κ2) is 6.30. The summed E-state index contributed by atoms with van der Waals surface area (Å²) in [6.07, 6.45) is 1.91. The molecule has 0 unspecified atom stereocenters. The molecule has 0 spiro atoms. The summed E-state index contributed by atoms with van der Waals surface area (Å²) < 4.78 is 13.2. The van der Waals surface area contributed by atoms with Gasteiger partial charge in [-0.2, -0.15) is 0 Å². The van der Waals surface area contributed by atoms with Crippen LogP contribution in [0.2, 0.25) is 0 Å². The van der Waals surface area contributed by atoms with Crippen LogP contribution in [-0.2, 0) is 6.42 Å². The van der Waals surface area contributed by atoms with Crippen LogP contribution in [0.4, 0.5) is 4.39 Å². The van der Waals surface area contributed by atoms with Crippen LogP contribution < -0.4 is 5.73 Å². The topological polar surface area (TPSA) is 29.3 Å². The van der Waals surface area contributed by atoms with Crippen molar-refractivity contribution in [3.8, 4) is 0 Å². The van der Waals surface area contributed by atoms with E-state index in [0.717, 1.165) is 24.9 Å². The summed E-state index contributed by atoms with van der Waals surface area (Å²) in [5, 5.41) is 0. The lowest BCUT2D eigenvalue weighted by atomic mass is 9.98. The standard InChI is InChI=1S/C15H25FN2/c1-12-11-13(5-6-14(12)16)7-10-18(4)15(2,3)8-9-17/h5-6,11H,7-10,17H2,1-4H3. The van der Waals surface area contributed by atoms with Crippen LogP contribution in [0, 0.1) is 12.7 Å².